The molecule has 1 aliphatic rings. The largest absolute Gasteiger partial charge is 0.344 e. The lowest BCUT2D eigenvalue weighted by Gasteiger charge is -2.19. The van der Waals surface area contributed by atoms with E-state index in [4.69, 9.17) is 0 Å². The Bertz CT molecular complexity index is 417. The summed E-state index contributed by atoms with van der Waals surface area (Å²) in [7, 11) is 1.74. The van der Waals surface area contributed by atoms with Crippen molar-refractivity contribution in [1.82, 2.24) is 10.2 Å². The van der Waals surface area contributed by atoms with Crippen molar-refractivity contribution in [1.29, 1.82) is 0 Å². The van der Waals surface area contributed by atoms with Crippen LogP contribution in [0, 0.1) is 0 Å². The minimum absolute atomic E-state index is 0.0142. The second-order valence-corrected chi connectivity index (χ2v) is 4.32. The number of rotatable bonds is 2. The standard InChI is InChI=1S/C13H16N2O2/c1-15-8-7-12(16)14-11(13(15)17)9-10-5-3-2-4-6-10/h2-6,11H,7-9H2,1H3,(H,14,16). The monoisotopic (exact) mass is 232 g/mol. The van der Waals surface area contributed by atoms with E-state index < -0.39 is 6.04 Å². The van der Waals surface area contributed by atoms with Gasteiger partial charge in [0.15, 0.2) is 0 Å². The molecule has 1 atom stereocenters. The van der Waals surface area contributed by atoms with Crippen LogP contribution in [0.3, 0.4) is 0 Å². The molecule has 0 saturated carbocycles. The van der Waals surface area contributed by atoms with Gasteiger partial charge in [-0.15, -0.1) is 0 Å². The van der Waals surface area contributed by atoms with E-state index in [1.807, 2.05) is 30.3 Å². The van der Waals surface area contributed by atoms with E-state index in [0.29, 0.717) is 19.4 Å². The van der Waals surface area contributed by atoms with Crippen molar-refractivity contribution in [2.45, 2.75) is 18.9 Å². The van der Waals surface area contributed by atoms with Gasteiger partial charge < -0.3 is 10.2 Å². The molecule has 1 aromatic rings. The van der Waals surface area contributed by atoms with Gasteiger partial charge in [0.05, 0.1) is 0 Å². The lowest BCUT2D eigenvalue weighted by atomic mass is 10.1. The van der Waals surface area contributed by atoms with Gasteiger partial charge in [0, 0.05) is 26.4 Å². The maximum atomic E-state index is 12.0. The molecule has 4 nitrogen and oxygen atoms in total. The van der Waals surface area contributed by atoms with Gasteiger partial charge in [0.1, 0.15) is 6.04 Å². The van der Waals surface area contributed by atoms with Gasteiger partial charge >= 0.3 is 0 Å². The second-order valence-electron chi connectivity index (χ2n) is 4.32. The maximum Gasteiger partial charge on any atom is 0.245 e. The number of carbonyl (C=O) groups is 2. The molecule has 1 aromatic carbocycles. The van der Waals surface area contributed by atoms with Gasteiger partial charge in [-0.05, 0) is 5.56 Å². The third-order valence-corrected chi connectivity index (χ3v) is 2.97. The zero-order chi connectivity index (χ0) is 12.3. The van der Waals surface area contributed by atoms with E-state index in [-0.39, 0.29) is 11.8 Å². The first-order valence-corrected chi connectivity index (χ1v) is 5.75. The number of nitrogens with one attached hydrogen (secondary N) is 1. The lowest BCUT2D eigenvalue weighted by molar-refractivity contribution is -0.132. The molecule has 0 aliphatic carbocycles. The fourth-order valence-electron chi connectivity index (χ4n) is 1.96. The highest BCUT2D eigenvalue weighted by Crippen LogP contribution is 2.08. The Labute approximate surface area is 101 Å². The molecule has 0 radical (unpaired) electrons. The van der Waals surface area contributed by atoms with Crippen LogP contribution in [0.4, 0.5) is 0 Å². The van der Waals surface area contributed by atoms with Gasteiger partial charge in [-0.25, -0.2) is 0 Å². The van der Waals surface area contributed by atoms with Gasteiger partial charge in [0.2, 0.25) is 11.8 Å². The molecule has 2 rings (SSSR count). The zero-order valence-electron chi connectivity index (χ0n) is 9.85. The third kappa shape index (κ3) is 2.84. The fraction of sp³-hybridized carbons (Fsp3) is 0.385. The molecule has 1 saturated heterocycles. The van der Waals surface area contributed by atoms with E-state index in [1.54, 1.807) is 11.9 Å². The predicted octanol–water partition coefficient (Wildman–Crippen LogP) is 0.576. The summed E-state index contributed by atoms with van der Waals surface area (Å²) < 4.78 is 0. The molecular weight excluding hydrogens is 216 g/mol. The van der Waals surface area contributed by atoms with Crippen LogP contribution in [0.25, 0.3) is 0 Å². The van der Waals surface area contributed by atoms with Crippen molar-refractivity contribution in [3.8, 4) is 0 Å². The summed E-state index contributed by atoms with van der Waals surface area (Å²) >= 11 is 0. The first-order chi connectivity index (χ1) is 8.16. The van der Waals surface area contributed by atoms with Crippen LogP contribution in [-0.2, 0) is 16.0 Å². The smallest absolute Gasteiger partial charge is 0.245 e. The molecule has 0 bridgehead atoms. The van der Waals surface area contributed by atoms with Crippen LogP contribution in [0.15, 0.2) is 30.3 Å². The van der Waals surface area contributed by atoms with Crippen LogP contribution in [0.5, 0.6) is 0 Å². The first kappa shape index (κ1) is 11.6. The number of likely N-dealkylation sites (N-methyl/N-ethyl adjacent to an activating group) is 1. The first-order valence-electron chi connectivity index (χ1n) is 5.75. The molecule has 17 heavy (non-hydrogen) atoms. The highest BCUT2D eigenvalue weighted by Gasteiger charge is 2.27. The SMILES string of the molecule is CN1CCC(=O)NC(Cc2ccccc2)C1=O. The molecule has 0 aromatic heterocycles. The van der Waals surface area contributed by atoms with E-state index in [2.05, 4.69) is 5.32 Å². The van der Waals surface area contributed by atoms with Crippen LogP contribution in [-0.4, -0.2) is 36.3 Å². The lowest BCUT2D eigenvalue weighted by Crippen LogP contribution is -2.44. The van der Waals surface area contributed by atoms with Gasteiger partial charge in [-0.2, -0.15) is 0 Å². The molecule has 90 valence electrons. The Balaban J connectivity index is 2.12. The highest BCUT2D eigenvalue weighted by atomic mass is 16.2. The molecule has 4 heteroatoms. The molecule has 0 spiro atoms. The molecule has 1 fully saturated rings. The predicted molar refractivity (Wildman–Crippen MR) is 64.3 cm³/mol. The minimum atomic E-state index is -0.433. The molecule has 1 aliphatic heterocycles. The van der Waals surface area contributed by atoms with Crippen LogP contribution in [0.1, 0.15) is 12.0 Å². The Morgan fingerprint density at radius 3 is 2.71 bits per heavy atom. The normalized spacial score (nSPS) is 21.0. The average molecular weight is 232 g/mol. The summed E-state index contributed by atoms with van der Waals surface area (Å²) in [6.07, 6.45) is 0.934. The van der Waals surface area contributed by atoms with Crippen molar-refractivity contribution >= 4 is 11.8 Å². The second kappa shape index (κ2) is 4.99. The summed E-state index contributed by atoms with van der Waals surface area (Å²) in [5.74, 6) is -0.0664. The van der Waals surface area contributed by atoms with E-state index >= 15 is 0 Å². The van der Waals surface area contributed by atoms with Crippen LogP contribution < -0.4 is 5.32 Å². The summed E-state index contributed by atoms with van der Waals surface area (Å²) in [6.45, 7) is 0.496. The van der Waals surface area contributed by atoms with Crippen molar-refractivity contribution in [2.75, 3.05) is 13.6 Å². The number of benzene rings is 1. The van der Waals surface area contributed by atoms with E-state index in [1.165, 1.54) is 0 Å². The Morgan fingerprint density at radius 2 is 2.00 bits per heavy atom. The number of hydrogen-bond acceptors (Lipinski definition) is 2. The third-order valence-electron chi connectivity index (χ3n) is 2.97. The highest BCUT2D eigenvalue weighted by molar-refractivity contribution is 5.90. The summed E-state index contributed by atoms with van der Waals surface area (Å²) in [5, 5.41) is 2.78. The van der Waals surface area contributed by atoms with Crippen molar-refractivity contribution in [3.05, 3.63) is 35.9 Å². The minimum Gasteiger partial charge on any atom is -0.344 e. The zero-order valence-corrected chi connectivity index (χ0v) is 9.85. The summed E-state index contributed by atoms with van der Waals surface area (Å²) in [6, 6.07) is 9.29. The van der Waals surface area contributed by atoms with E-state index in [9.17, 15) is 9.59 Å². The van der Waals surface area contributed by atoms with E-state index in [0.717, 1.165) is 5.56 Å². The fourth-order valence-corrected chi connectivity index (χ4v) is 1.96. The molecule has 2 amide bonds. The summed E-state index contributed by atoms with van der Waals surface area (Å²) in [4.78, 5) is 25.1. The topological polar surface area (TPSA) is 49.4 Å². The average Bonchev–Trinajstić information content (AvgIpc) is 2.45. The van der Waals surface area contributed by atoms with Crippen LogP contribution >= 0.6 is 0 Å². The van der Waals surface area contributed by atoms with Crippen molar-refractivity contribution in [2.24, 2.45) is 0 Å². The summed E-state index contributed by atoms with van der Waals surface area (Å²) in [5.41, 5.74) is 1.06. The number of carbonyl (C=O) groups excluding carboxylic acids is 2. The van der Waals surface area contributed by atoms with Gasteiger partial charge in [-0.1, -0.05) is 30.3 Å². The number of hydrogen-bond donors (Lipinski definition) is 1. The van der Waals surface area contributed by atoms with Gasteiger partial charge in [0.25, 0.3) is 0 Å². The van der Waals surface area contributed by atoms with Crippen molar-refractivity contribution in [3.63, 3.8) is 0 Å². The molecule has 1 unspecified atom stereocenters. The number of nitrogens with zero attached hydrogens (tertiary/aromatic N) is 1. The Hall–Kier alpha value is -1.84. The Kier molecular flexibility index (Phi) is 3.42. The molecule has 1 heterocycles. The quantitative estimate of drug-likeness (QED) is 0.810. The number of amides is 2. The maximum absolute atomic E-state index is 12.0. The Morgan fingerprint density at radius 1 is 1.29 bits per heavy atom. The molecular formula is C13H16N2O2. The van der Waals surface area contributed by atoms with Crippen molar-refractivity contribution < 1.29 is 9.59 Å². The molecule has 1 N–H and O–H groups in total. The van der Waals surface area contributed by atoms with Gasteiger partial charge in [-0.3, -0.25) is 9.59 Å². The van der Waals surface area contributed by atoms with Crippen LogP contribution in [0.2, 0.25) is 0 Å².